The lowest BCUT2D eigenvalue weighted by molar-refractivity contribution is -0.143. The van der Waals surface area contributed by atoms with Crippen molar-refractivity contribution in [2.24, 2.45) is 0 Å². The minimum Gasteiger partial charge on any atom is -0.480 e. The van der Waals surface area contributed by atoms with E-state index in [4.69, 9.17) is 5.11 Å². The molecule has 0 spiro atoms. The van der Waals surface area contributed by atoms with Crippen LogP contribution < -0.4 is 0 Å². The Hall–Kier alpha value is -0.830. The van der Waals surface area contributed by atoms with Gasteiger partial charge in [0, 0.05) is 6.54 Å². The van der Waals surface area contributed by atoms with Gasteiger partial charge in [-0.3, -0.25) is 9.69 Å². The first kappa shape index (κ1) is 12.2. The maximum atomic E-state index is 11.1. The molecule has 3 nitrogen and oxygen atoms in total. The maximum Gasteiger partial charge on any atom is 0.320 e. The summed E-state index contributed by atoms with van der Waals surface area (Å²) in [6, 6.07) is -0.275. The summed E-state index contributed by atoms with van der Waals surface area (Å²) >= 11 is 0. The number of nitrogens with zero attached hydrogens (tertiary/aromatic N) is 1. The SMILES string of the molecule is CC(C)=CCN1CCCCCC1C(=O)O. The molecule has 15 heavy (non-hydrogen) atoms. The minimum absolute atomic E-state index is 0.275. The van der Waals surface area contributed by atoms with Gasteiger partial charge >= 0.3 is 5.97 Å². The number of rotatable bonds is 3. The van der Waals surface area contributed by atoms with Gasteiger partial charge in [0.25, 0.3) is 0 Å². The van der Waals surface area contributed by atoms with E-state index in [1.807, 2.05) is 13.8 Å². The lowest BCUT2D eigenvalue weighted by atomic mass is 10.1. The Morgan fingerprint density at radius 1 is 1.40 bits per heavy atom. The summed E-state index contributed by atoms with van der Waals surface area (Å²) in [7, 11) is 0. The van der Waals surface area contributed by atoms with Crippen molar-refractivity contribution in [1.29, 1.82) is 0 Å². The van der Waals surface area contributed by atoms with E-state index in [9.17, 15) is 4.79 Å². The highest BCUT2D eigenvalue weighted by molar-refractivity contribution is 5.73. The van der Waals surface area contributed by atoms with Crippen LogP contribution in [0.2, 0.25) is 0 Å². The first-order valence-electron chi connectivity index (χ1n) is 5.71. The summed E-state index contributed by atoms with van der Waals surface area (Å²) in [6.07, 6.45) is 6.24. The van der Waals surface area contributed by atoms with E-state index in [2.05, 4.69) is 11.0 Å². The third kappa shape index (κ3) is 4.04. The van der Waals surface area contributed by atoms with Gasteiger partial charge in [-0.25, -0.2) is 0 Å². The van der Waals surface area contributed by atoms with Gasteiger partial charge in [0.05, 0.1) is 0 Å². The number of aliphatic carboxylic acids is 1. The van der Waals surface area contributed by atoms with Crippen molar-refractivity contribution >= 4 is 5.97 Å². The average molecular weight is 211 g/mol. The number of carbonyl (C=O) groups is 1. The van der Waals surface area contributed by atoms with Gasteiger partial charge in [0.2, 0.25) is 0 Å². The zero-order chi connectivity index (χ0) is 11.3. The molecule has 0 bridgehead atoms. The summed E-state index contributed by atoms with van der Waals surface area (Å²) in [4.78, 5) is 13.2. The number of allylic oxidation sites excluding steroid dienone is 1. The fraction of sp³-hybridized carbons (Fsp3) is 0.750. The van der Waals surface area contributed by atoms with Crippen LogP contribution in [-0.2, 0) is 4.79 Å². The van der Waals surface area contributed by atoms with Gasteiger partial charge in [0.15, 0.2) is 0 Å². The topological polar surface area (TPSA) is 40.5 Å². The molecule has 1 fully saturated rings. The molecule has 1 unspecified atom stereocenters. The summed E-state index contributed by atoms with van der Waals surface area (Å²) in [6.45, 7) is 5.79. The van der Waals surface area contributed by atoms with Gasteiger partial charge in [-0.15, -0.1) is 0 Å². The molecule has 0 saturated carbocycles. The zero-order valence-electron chi connectivity index (χ0n) is 9.70. The second-order valence-corrected chi connectivity index (χ2v) is 4.48. The molecule has 3 heteroatoms. The number of carboxylic acids is 1. The van der Waals surface area contributed by atoms with Crippen molar-refractivity contribution in [1.82, 2.24) is 4.90 Å². The van der Waals surface area contributed by atoms with E-state index in [0.29, 0.717) is 0 Å². The summed E-state index contributed by atoms with van der Waals surface area (Å²) in [5.41, 5.74) is 1.25. The molecule has 0 radical (unpaired) electrons. The highest BCUT2D eigenvalue weighted by Crippen LogP contribution is 2.17. The van der Waals surface area contributed by atoms with E-state index >= 15 is 0 Å². The van der Waals surface area contributed by atoms with Crippen LogP contribution in [-0.4, -0.2) is 35.1 Å². The van der Waals surface area contributed by atoms with Crippen molar-refractivity contribution < 1.29 is 9.90 Å². The molecular formula is C12H21NO2. The third-order valence-electron chi connectivity index (χ3n) is 2.88. The van der Waals surface area contributed by atoms with E-state index in [0.717, 1.165) is 38.8 Å². The highest BCUT2D eigenvalue weighted by Gasteiger charge is 2.25. The predicted molar refractivity (Wildman–Crippen MR) is 60.9 cm³/mol. The summed E-state index contributed by atoms with van der Waals surface area (Å²) in [5, 5.41) is 9.14. The van der Waals surface area contributed by atoms with E-state index in [1.54, 1.807) is 0 Å². The number of carboxylic acid groups (broad SMARTS) is 1. The van der Waals surface area contributed by atoms with Crippen LogP contribution in [0.15, 0.2) is 11.6 Å². The monoisotopic (exact) mass is 211 g/mol. The Morgan fingerprint density at radius 3 is 2.73 bits per heavy atom. The molecule has 1 atom stereocenters. The molecule has 1 saturated heterocycles. The van der Waals surface area contributed by atoms with Gasteiger partial charge in [-0.2, -0.15) is 0 Å². The number of hydrogen-bond acceptors (Lipinski definition) is 2. The second-order valence-electron chi connectivity index (χ2n) is 4.48. The summed E-state index contributed by atoms with van der Waals surface area (Å²) in [5.74, 6) is -0.668. The number of hydrogen-bond donors (Lipinski definition) is 1. The largest absolute Gasteiger partial charge is 0.480 e. The molecule has 1 N–H and O–H groups in total. The Kier molecular flexibility index (Phi) is 4.82. The molecule has 0 aromatic heterocycles. The van der Waals surface area contributed by atoms with Gasteiger partial charge in [0.1, 0.15) is 6.04 Å². The quantitative estimate of drug-likeness (QED) is 0.728. The van der Waals surface area contributed by atoms with Crippen molar-refractivity contribution in [3.63, 3.8) is 0 Å². The lowest BCUT2D eigenvalue weighted by Crippen LogP contribution is -2.40. The minimum atomic E-state index is -0.668. The van der Waals surface area contributed by atoms with Crippen LogP contribution in [0, 0.1) is 0 Å². The zero-order valence-corrected chi connectivity index (χ0v) is 9.70. The van der Waals surface area contributed by atoms with Gasteiger partial charge in [-0.1, -0.05) is 24.5 Å². The maximum absolute atomic E-state index is 11.1. The molecule has 0 aromatic carbocycles. The van der Waals surface area contributed by atoms with Crippen LogP contribution in [0.4, 0.5) is 0 Å². The molecular weight excluding hydrogens is 190 g/mol. The van der Waals surface area contributed by atoms with E-state index in [1.165, 1.54) is 5.57 Å². The lowest BCUT2D eigenvalue weighted by Gasteiger charge is -2.25. The van der Waals surface area contributed by atoms with Crippen LogP contribution in [0.25, 0.3) is 0 Å². The van der Waals surface area contributed by atoms with E-state index in [-0.39, 0.29) is 6.04 Å². The third-order valence-corrected chi connectivity index (χ3v) is 2.88. The Labute approximate surface area is 91.8 Å². The smallest absolute Gasteiger partial charge is 0.320 e. The number of likely N-dealkylation sites (tertiary alicyclic amines) is 1. The second kappa shape index (κ2) is 5.91. The molecule has 1 aliphatic heterocycles. The molecule has 0 aliphatic carbocycles. The Morgan fingerprint density at radius 2 is 2.13 bits per heavy atom. The molecule has 1 aliphatic rings. The van der Waals surface area contributed by atoms with Crippen molar-refractivity contribution in [3.8, 4) is 0 Å². The van der Waals surface area contributed by atoms with Gasteiger partial charge < -0.3 is 5.11 Å². The molecule has 1 heterocycles. The normalized spacial score (nSPS) is 23.2. The van der Waals surface area contributed by atoms with Crippen molar-refractivity contribution in [2.45, 2.75) is 45.6 Å². The van der Waals surface area contributed by atoms with Crippen molar-refractivity contribution in [3.05, 3.63) is 11.6 Å². The average Bonchev–Trinajstić information content (AvgIpc) is 2.39. The fourth-order valence-corrected chi connectivity index (χ4v) is 1.97. The van der Waals surface area contributed by atoms with Crippen LogP contribution in [0.5, 0.6) is 0 Å². The Balaban J connectivity index is 2.62. The van der Waals surface area contributed by atoms with Crippen molar-refractivity contribution in [2.75, 3.05) is 13.1 Å². The molecule has 0 amide bonds. The van der Waals surface area contributed by atoms with Gasteiger partial charge in [-0.05, 0) is 33.2 Å². The predicted octanol–water partition coefficient (Wildman–Crippen LogP) is 2.28. The molecule has 86 valence electrons. The van der Waals surface area contributed by atoms with Crippen LogP contribution in [0.1, 0.15) is 39.5 Å². The van der Waals surface area contributed by atoms with Crippen LogP contribution >= 0.6 is 0 Å². The highest BCUT2D eigenvalue weighted by atomic mass is 16.4. The van der Waals surface area contributed by atoms with E-state index < -0.39 is 5.97 Å². The molecule has 1 rings (SSSR count). The first-order valence-corrected chi connectivity index (χ1v) is 5.71. The molecule has 0 aromatic rings. The fourth-order valence-electron chi connectivity index (χ4n) is 1.97. The standard InChI is InChI=1S/C12H21NO2/c1-10(2)7-9-13-8-5-3-4-6-11(13)12(14)15/h7,11H,3-6,8-9H2,1-2H3,(H,14,15). The first-order chi connectivity index (χ1) is 7.11. The van der Waals surface area contributed by atoms with Crippen LogP contribution in [0.3, 0.4) is 0 Å². The summed E-state index contributed by atoms with van der Waals surface area (Å²) < 4.78 is 0. The Bertz CT molecular complexity index is 244.